The normalized spacial score (nSPS) is 10.9. The Morgan fingerprint density at radius 2 is 1.87 bits per heavy atom. The molecule has 0 heterocycles. The van der Waals surface area contributed by atoms with Crippen molar-refractivity contribution < 1.29 is 14.3 Å². The van der Waals surface area contributed by atoms with Crippen molar-refractivity contribution in [3.05, 3.63) is 91.4 Å². The van der Waals surface area contributed by atoms with Gasteiger partial charge in [0.15, 0.2) is 11.5 Å². The smallest absolute Gasteiger partial charge is 0.272 e. The van der Waals surface area contributed by atoms with Crippen LogP contribution in [0.5, 0.6) is 11.5 Å². The number of hydrogen-bond donors (Lipinski definition) is 1. The topological polar surface area (TPSA) is 59.9 Å². The van der Waals surface area contributed by atoms with Crippen molar-refractivity contribution >= 4 is 51.3 Å². The number of benzene rings is 3. The number of hydrogen-bond acceptors (Lipinski definition) is 4. The van der Waals surface area contributed by atoms with E-state index in [1.807, 2.05) is 37.3 Å². The van der Waals surface area contributed by atoms with Crippen molar-refractivity contribution in [2.24, 2.45) is 5.10 Å². The van der Waals surface area contributed by atoms with Crippen molar-refractivity contribution in [2.45, 2.75) is 13.5 Å². The van der Waals surface area contributed by atoms with E-state index in [1.54, 1.807) is 19.2 Å². The standard InChI is InChI=1S/C23H19BrCl2N2O3/c1-14-3-5-15(6-4-14)13-31-22-19(24)9-16(10-21(22)30-2)12-27-28-23(29)18-8-7-17(25)11-20(18)26/h3-12H,13H2,1-2H3,(H,28,29)/b27-12-. The molecule has 0 saturated carbocycles. The number of aryl methyl sites for hydroxylation is 1. The summed E-state index contributed by atoms with van der Waals surface area (Å²) in [6, 6.07) is 16.3. The summed E-state index contributed by atoms with van der Waals surface area (Å²) in [6.45, 7) is 2.44. The van der Waals surface area contributed by atoms with Crippen LogP contribution >= 0.6 is 39.1 Å². The molecule has 0 atom stereocenters. The quantitative estimate of drug-likeness (QED) is 0.288. The van der Waals surface area contributed by atoms with Crippen molar-refractivity contribution in [1.29, 1.82) is 0 Å². The number of amides is 1. The minimum atomic E-state index is -0.443. The number of carbonyl (C=O) groups excluding carboxylic acids is 1. The van der Waals surface area contributed by atoms with Gasteiger partial charge in [-0.3, -0.25) is 4.79 Å². The Hall–Kier alpha value is -2.54. The summed E-state index contributed by atoms with van der Waals surface area (Å²) in [4.78, 5) is 12.2. The molecule has 0 spiro atoms. The average molecular weight is 522 g/mol. The predicted molar refractivity (Wildman–Crippen MR) is 128 cm³/mol. The van der Waals surface area contributed by atoms with Crippen LogP contribution in [0.2, 0.25) is 10.0 Å². The first kappa shape index (κ1) is 23.1. The number of ether oxygens (including phenoxy) is 2. The van der Waals surface area contributed by atoms with E-state index >= 15 is 0 Å². The van der Waals surface area contributed by atoms with Crippen molar-refractivity contribution in [3.63, 3.8) is 0 Å². The number of nitrogens with one attached hydrogen (secondary N) is 1. The summed E-state index contributed by atoms with van der Waals surface area (Å²) in [7, 11) is 1.56. The lowest BCUT2D eigenvalue weighted by molar-refractivity contribution is 0.0955. The summed E-state index contributed by atoms with van der Waals surface area (Å²) >= 11 is 15.4. The number of halogens is 3. The Morgan fingerprint density at radius 1 is 1.13 bits per heavy atom. The number of carbonyl (C=O) groups is 1. The largest absolute Gasteiger partial charge is 0.493 e. The molecule has 160 valence electrons. The first-order valence-electron chi connectivity index (χ1n) is 9.21. The van der Waals surface area contributed by atoms with Crippen LogP contribution in [0.4, 0.5) is 0 Å². The molecule has 0 aromatic heterocycles. The lowest BCUT2D eigenvalue weighted by Crippen LogP contribution is -2.18. The van der Waals surface area contributed by atoms with Crippen LogP contribution < -0.4 is 14.9 Å². The monoisotopic (exact) mass is 520 g/mol. The van der Waals surface area contributed by atoms with Crippen LogP contribution in [0.15, 0.2) is 64.2 Å². The summed E-state index contributed by atoms with van der Waals surface area (Å²) in [6.07, 6.45) is 1.50. The van der Waals surface area contributed by atoms with Crippen LogP contribution in [0.3, 0.4) is 0 Å². The Balaban J connectivity index is 1.69. The highest BCUT2D eigenvalue weighted by atomic mass is 79.9. The molecule has 0 aliphatic carbocycles. The van der Waals surface area contributed by atoms with Crippen molar-refractivity contribution in [2.75, 3.05) is 7.11 Å². The van der Waals surface area contributed by atoms with E-state index in [4.69, 9.17) is 32.7 Å². The molecule has 3 aromatic carbocycles. The Morgan fingerprint density at radius 3 is 2.55 bits per heavy atom. The van der Waals surface area contributed by atoms with E-state index in [1.165, 1.54) is 23.9 Å². The molecule has 0 bridgehead atoms. The van der Waals surface area contributed by atoms with Gasteiger partial charge in [-0.25, -0.2) is 5.43 Å². The van der Waals surface area contributed by atoms with E-state index in [2.05, 4.69) is 26.5 Å². The third-order valence-electron chi connectivity index (χ3n) is 4.31. The van der Waals surface area contributed by atoms with E-state index < -0.39 is 5.91 Å². The second-order valence-electron chi connectivity index (χ2n) is 6.63. The summed E-state index contributed by atoms with van der Waals surface area (Å²) in [5, 5.41) is 4.70. The molecule has 0 unspecified atom stereocenters. The van der Waals surface area contributed by atoms with Crippen LogP contribution in [0, 0.1) is 6.92 Å². The van der Waals surface area contributed by atoms with Crippen molar-refractivity contribution in [3.8, 4) is 11.5 Å². The van der Waals surface area contributed by atoms with Crippen LogP contribution in [0.1, 0.15) is 27.0 Å². The minimum absolute atomic E-state index is 0.250. The number of methoxy groups -OCH3 is 1. The minimum Gasteiger partial charge on any atom is -0.493 e. The summed E-state index contributed by atoms with van der Waals surface area (Å²) in [5.74, 6) is 0.675. The first-order valence-corrected chi connectivity index (χ1v) is 10.8. The van der Waals surface area contributed by atoms with Gasteiger partial charge < -0.3 is 9.47 Å². The van der Waals surface area contributed by atoms with E-state index in [0.29, 0.717) is 33.2 Å². The van der Waals surface area contributed by atoms with Crippen LogP contribution in [-0.4, -0.2) is 19.2 Å². The Kier molecular flexibility index (Phi) is 7.96. The third-order valence-corrected chi connectivity index (χ3v) is 5.45. The molecule has 0 fully saturated rings. The predicted octanol–water partition coefficient (Wildman–Crippen LogP) is 6.42. The molecule has 0 aliphatic heterocycles. The van der Waals surface area contributed by atoms with Crippen LogP contribution in [-0.2, 0) is 6.61 Å². The first-order chi connectivity index (χ1) is 14.9. The maximum absolute atomic E-state index is 12.2. The highest BCUT2D eigenvalue weighted by Crippen LogP contribution is 2.36. The molecule has 5 nitrogen and oxygen atoms in total. The molecule has 1 amide bonds. The molecule has 31 heavy (non-hydrogen) atoms. The average Bonchev–Trinajstić information content (AvgIpc) is 2.73. The molecule has 3 aromatic rings. The second kappa shape index (κ2) is 10.7. The van der Waals surface area contributed by atoms with E-state index in [0.717, 1.165) is 5.56 Å². The lowest BCUT2D eigenvalue weighted by Gasteiger charge is -2.13. The Bertz CT molecular complexity index is 1120. The maximum atomic E-state index is 12.2. The fraction of sp³-hybridized carbons (Fsp3) is 0.130. The number of rotatable bonds is 7. The number of hydrazone groups is 1. The van der Waals surface area contributed by atoms with Crippen LogP contribution in [0.25, 0.3) is 0 Å². The van der Waals surface area contributed by atoms with Gasteiger partial charge in [-0.15, -0.1) is 0 Å². The van der Waals surface area contributed by atoms with E-state index in [9.17, 15) is 4.79 Å². The van der Waals surface area contributed by atoms with Gasteiger partial charge in [0, 0.05) is 5.02 Å². The van der Waals surface area contributed by atoms with Gasteiger partial charge in [-0.05, 0) is 64.3 Å². The third kappa shape index (κ3) is 6.23. The van der Waals surface area contributed by atoms with Gasteiger partial charge in [0.05, 0.1) is 28.4 Å². The van der Waals surface area contributed by atoms with Gasteiger partial charge in [0.25, 0.3) is 5.91 Å². The Labute approximate surface area is 199 Å². The van der Waals surface area contributed by atoms with Gasteiger partial charge in [0.1, 0.15) is 6.61 Å². The molecule has 1 N–H and O–H groups in total. The van der Waals surface area contributed by atoms with Crippen molar-refractivity contribution in [1.82, 2.24) is 5.43 Å². The van der Waals surface area contributed by atoms with E-state index in [-0.39, 0.29) is 10.6 Å². The summed E-state index contributed by atoms with van der Waals surface area (Å²) < 4.78 is 12.1. The zero-order chi connectivity index (χ0) is 22.4. The maximum Gasteiger partial charge on any atom is 0.272 e. The SMILES string of the molecule is COc1cc(/C=N\NC(=O)c2ccc(Cl)cc2Cl)cc(Br)c1OCc1ccc(C)cc1. The molecule has 3 rings (SSSR count). The highest BCUT2D eigenvalue weighted by molar-refractivity contribution is 9.10. The molecular formula is C23H19BrCl2N2O3. The van der Waals surface area contributed by atoms with Gasteiger partial charge >= 0.3 is 0 Å². The summed E-state index contributed by atoms with van der Waals surface area (Å²) in [5.41, 5.74) is 5.67. The molecule has 0 aliphatic rings. The van der Waals surface area contributed by atoms with Gasteiger partial charge in [0.2, 0.25) is 0 Å². The fourth-order valence-electron chi connectivity index (χ4n) is 2.69. The van der Waals surface area contributed by atoms with Gasteiger partial charge in [-0.1, -0.05) is 53.0 Å². The zero-order valence-corrected chi connectivity index (χ0v) is 19.9. The fourth-order valence-corrected chi connectivity index (χ4v) is 3.76. The van der Waals surface area contributed by atoms with Gasteiger partial charge in [-0.2, -0.15) is 5.10 Å². The zero-order valence-electron chi connectivity index (χ0n) is 16.8. The molecule has 0 radical (unpaired) electrons. The lowest BCUT2D eigenvalue weighted by atomic mass is 10.2. The highest BCUT2D eigenvalue weighted by Gasteiger charge is 2.12. The molecule has 0 saturated heterocycles. The second-order valence-corrected chi connectivity index (χ2v) is 8.33. The molecule has 8 heteroatoms. The number of nitrogens with zero attached hydrogens (tertiary/aromatic N) is 1. The molecular weight excluding hydrogens is 503 g/mol.